The smallest absolute Gasteiger partial charge is 0.303 e. The third-order valence-electron chi connectivity index (χ3n) is 3.65. The number of carboxylic acid groups (broad SMARTS) is 1. The second-order valence-corrected chi connectivity index (χ2v) is 5.73. The third-order valence-corrected chi connectivity index (χ3v) is 3.65. The van der Waals surface area contributed by atoms with E-state index in [4.69, 9.17) is 5.11 Å². The molecule has 0 aromatic rings. The van der Waals surface area contributed by atoms with E-state index in [1.54, 1.807) is 0 Å². The van der Waals surface area contributed by atoms with Gasteiger partial charge in [0.05, 0.1) is 0 Å². The topological polar surface area (TPSA) is 37.3 Å². The van der Waals surface area contributed by atoms with Crippen molar-refractivity contribution in [2.24, 2.45) is 0 Å². The molecule has 0 aliphatic heterocycles. The van der Waals surface area contributed by atoms with Gasteiger partial charge in [-0.05, 0) is 32.1 Å². The summed E-state index contributed by atoms with van der Waals surface area (Å²) in [5.74, 6) is -0.664. The Morgan fingerprint density at radius 3 is 1.67 bits per heavy atom. The van der Waals surface area contributed by atoms with Gasteiger partial charge >= 0.3 is 5.97 Å². The molecule has 0 bridgehead atoms. The van der Waals surface area contributed by atoms with Crippen LogP contribution < -0.4 is 0 Å². The largest absolute Gasteiger partial charge is 0.481 e. The van der Waals surface area contributed by atoms with Crippen LogP contribution in [0, 0.1) is 0 Å². The number of carboxylic acids is 1. The van der Waals surface area contributed by atoms with Gasteiger partial charge in [-0.3, -0.25) is 4.79 Å². The number of aliphatic carboxylic acids is 1. The van der Waals surface area contributed by atoms with E-state index in [0.29, 0.717) is 6.42 Å². The van der Waals surface area contributed by atoms with Gasteiger partial charge in [0.15, 0.2) is 0 Å². The molecule has 2 nitrogen and oxygen atoms in total. The second kappa shape index (κ2) is 19.8. The zero-order valence-electron chi connectivity index (χ0n) is 14.4. The molecule has 0 unspecified atom stereocenters. The Balaban J connectivity index is 0. The average Bonchev–Trinajstić information content (AvgIpc) is 2.43. The van der Waals surface area contributed by atoms with Gasteiger partial charge in [0, 0.05) is 25.3 Å². The molecule has 1 N–H and O–H groups in total. The van der Waals surface area contributed by atoms with Crippen LogP contribution in [0.1, 0.15) is 96.8 Å². The molecule has 0 rings (SSSR count). The van der Waals surface area contributed by atoms with Crippen LogP contribution in [0.4, 0.5) is 0 Å². The Morgan fingerprint density at radius 1 is 0.762 bits per heavy atom. The molecule has 0 spiro atoms. The molecule has 0 aromatic carbocycles. The van der Waals surface area contributed by atoms with E-state index in [2.05, 4.69) is 19.1 Å². The summed E-state index contributed by atoms with van der Waals surface area (Å²) in [5.41, 5.74) is 0. The fraction of sp³-hybridized carbons (Fsp3) is 0.833. The zero-order chi connectivity index (χ0) is 14.9. The summed E-state index contributed by atoms with van der Waals surface area (Å²) in [6, 6.07) is 0. The quantitative estimate of drug-likeness (QED) is 0.237. The molecule has 0 fully saturated rings. The molecule has 119 valence electrons. The van der Waals surface area contributed by atoms with Crippen LogP contribution in [0.25, 0.3) is 0 Å². The second-order valence-electron chi connectivity index (χ2n) is 5.73. The van der Waals surface area contributed by atoms with Crippen molar-refractivity contribution in [1.29, 1.82) is 0 Å². The Kier molecular flexibility index (Phi) is 21.8. The van der Waals surface area contributed by atoms with Crippen molar-refractivity contribution >= 4 is 24.8 Å². The van der Waals surface area contributed by atoms with Gasteiger partial charge < -0.3 is 5.11 Å². The standard InChI is InChI=1S/C18H34O2.Li/c1-2-3-4-5-6-7-8-9-10-11-12-13-14-15-16-17-18(19)20;/h9-10H,2-8,11-17H2,1H3,(H,19,20);/b10-9-;. The summed E-state index contributed by atoms with van der Waals surface area (Å²) in [4.78, 5) is 10.3. The fourth-order valence-corrected chi connectivity index (χ4v) is 2.35. The van der Waals surface area contributed by atoms with Gasteiger partial charge in [-0.15, -0.1) is 0 Å². The van der Waals surface area contributed by atoms with Crippen LogP contribution in [0.3, 0.4) is 0 Å². The Morgan fingerprint density at radius 2 is 1.19 bits per heavy atom. The number of hydrogen-bond acceptors (Lipinski definition) is 1. The molecule has 1 radical (unpaired) electrons. The zero-order valence-corrected chi connectivity index (χ0v) is 14.4. The van der Waals surface area contributed by atoms with Crippen molar-refractivity contribution in [3.8, 4) is 0 Å². The SMILES string of the molecule is CCCCCCCC/C=C\CCCCCCCC(=O)O.[Li]. The number of allylic oxidation sites excluding steroid dienone is 2. The minimum Gasteiger partial charge on any atom is -0.481 e. The van der Waals surface area contributed by atoms with Crippen LogP contribution >= 0.6 is 0 Å². The maximum Gasteiger partial charge on any atom is 0.303 e. The van der Waals surface area contributed by atoms with Crippen molar-refractivity contribution in [3.63, 3.8) is 0 Å². The molecule has 0 heterocycles. The van der Waals surface area contributed by atoms with E-state index in [1.807, 2.05) is 0 Å². The molecular weight excluding hydrogens is 255 g/mol. The van der Waals surface area contributed by atoms with E-state index in [1.165, 1.54) is 70.6 Å². The maximum absolute atomic E-state index is 10.3. The van der Waals surface area contributed by atoms with E-state index in [-0.39, 0.29) is 18.9 Å². The number of rotatable bonds is 15. The molecular formula is C18H34LiO2. The summed E-state index contributed by atoms with van der Waals surface area (Å²) in [6.07, 6.45) is 21.2. The molecule has 21 heavy (non-hydrogen) atoms. The summed E-state index contributed by atoms with van der Waals surface area (Å²) in [6.45, 7) is 2.26. The fourth-order valence-electron chi connectivity index (χ4n) is 2.35. The first-order valence-corrected chi connectivity index (χ1v) is 8.64. The molecule has 0 aliphatic rings. The Hall–Kier alpha value is -0.193. The summed E-state index contributed by atoms with van der Waals surface area (Å²) < 4.78 is 0. The predicted octanol–water partition coefficient (Wildman–Crippen LogP) is 5.73. The Labute approximate surface area is 144 Å². The number of carbonyl (C=O) groups is 1. The average molecular weight is 289 g/mol. The summed E-state index contributed by atoms with van der Waals surface area (Å²) in [5, 5.41) is 8.51. The van der Waals surface area contributed by atoms with E-state index in [9.17, 15) is 4.79 Å². The van der Waals surface area contributed by atoms with Crippen LogP contribution in [0.5, 0.6) is 0 Å². The minimum atomic E-state index is -0.664. The van der Waals surface area contributed by atoms with E-state index in [0.717, 1.165) is 12.8 Å². The van der Waals surface area contributed by atoms with Gasteiger partial charge in [-0.1, -0.05) is 70.4 Å². The molecule has 0 saturated heterocycles. The van der Waals surface area contributed by atoms with Crippen LogP contribution in [0.2, 0.25) is 0 Å². The first kappa shape index (κ1) is 23.1. The van der Waals surface area contributed by atoms with Crippen molar-refractivity contribution in [3.05, 3.63) is 12.2 Å². The monoisotopic (exact) mass is 289 g/mol. The van der Waals surface area contributed by atoms with Gasteiger partial charge in [-0.2, -0.15) is 0 Å². The van der Waals surface area contributed by atoms with E-state index >= 15 is 0 Å². The Bertz CT molecular complexity index is 239. The number of hydrogen-bond donors (Lipinski definition) is 1. The van der Waals surface area contributed by atoms with Crippen molar-refractivity contribution < 1.29 is 9.90 Å². The maximum atomic E-state index is 10.3. The first-order chi connectivity index (χ1) is 9.77. The van der Waals surface area contributed by atoms with E-state index < -0.39 is 5.97 Å². The minimum absolute atomic E-state index is 0. The van der Waals surface area contributed by atoms with Crippen molar-refractivity contribution in [2.45, 2.75) is 96.8 Å². The predicted molar refractivity (Wildman–Crippen MR) is 92.8 cm³/mol. The summed E-state index contributed by atoms with van der Waals surface area (Å²) >= 11 is 0. The molecule has 3 heteroatoms. The third kappa shape index (κ3) is 22.2. The first-order valence-electron chi connectivity index (χ1n) is 8.64. The number of unbranched alkanes of at least 4 members (excludes halogenated alkanes) is 11. The van der Waals surface area contributed by atoms with Crippen LogP contribution in [-0.4, -0.2) is 29.9 Å². The molecule has 0 amide bonds. The van der Waals surface area contributed by atoms with Gasteiger partial charge in [-0.25, -0.2) is 0 Å². The van der Waals surface area contributed by atoms with Crippen LogP contribution in [0.15, 0.2) is 12.2 Å². The summed E-state index contributed by atoms with van der Waals surface area (Å²) in [7, 11) is 0. The normalized spacial score (nSPS) is 10.7. The van der Waals surface area contributed by atoms with Gasteiger partial charge in [0.2, 0.25) is 0 Å². The molecule has 0 aliphatic carbocycles. The van der Waals surface area contributed by atoms with Crippen molar-refractivity contribution in [2.75, 3.05) is 0 Å². The van der Waals surface area contributed by atoms with Gasteiger partial charge in [0.1, 0.15) is 0 Å². The molecule has 0 atom stereocenters. The van der Waals surface area contributed by atoms with Crippen molar-refractivity contribution in [1.82, 2.24) is 0 Å². The molecule has 0 aromatic heterocycles. The molecule has 0 saturated carbocycles. The van der Waals surface area contributed by atoms with Crippen LogP contribution in [-0.2, 0) is 4.79 Å². The van der Waals surface area contributed by atoms with Gasteiger partial charge in [0.25, 0.3) is 0 Å².